The van der Waals surface area contributed by atoms with Gasteiger partial charge in [-0.15, -0.1) is 0 Å². The largest absolute Gasteiger partial charge is 0.481 e. The molecule has 0 aromatic rings. The van der Waals surface area contributed by atoms with E-state index in [-0.39, 0.29) is 5.92 Å². The number of carbonyl (C=O) groups is 1. The Kier molecular flexibility index (Phi) is 1.23. The van der Waals surface area contributed by atoms with Crippen LogP contribution in [0.25, 0.3) is 0 Å². The van der Waals surface area contributed by atoms with Gasteiger partial charge < -0.3 is 5.11 Å². The van der Waals surface area contributed by atoms with E-state index in [0.717, 1.165) is 6.42 Å². The Morgan fingerprint density at radius 1 is 1.86 bits per heavy atom. The molecule has 1 rings (SSSR count). The maximum Gasteiger partial charge on any atom is 0.307 e. The molecule has 1 fully saturated rings. The summed E-state index contributed by atoms with van der Waals surface area (Å²) in [5.41, 5.74) is 0. The van der Waals surface area contributed by atoms with Crippen LogP contribution in [0.2, 0.25) is 0 Å². The Labute approximate surface area is 55.0 Å². The molecule has 0 heterocycles. The van der Waals surface area contributed by atoms with Crippen LogP contribution >= 0.6 is 22.6 Å². The quantitative estimate of drug-likeness (QED) is 0.517. The first-order valence-electron chi connectivity index (χ1n) is 2.08. The molecule has 3 heteroatoms. The van der Waals surface area contributed by atoms with Gasteiger partial charge in [0.25, 0.3) is 0 Å². The van der Waals surface area contributed by atoms with Gasteiger partial charge in [-0.3, -0.25) is 4.79 Å². The van der Waals surface area contributed by atoms with E-state index in [0.29, 0.717) is 3.92 Å². The number of alkyl halides is 1. The fraction of sp³-hybridized carbons (Fsp3) is 0.750. The summed E-state index contributed by atoms with van der Waals surface area (Å²) in [6, 6.07) is 0. The highest BCUT2D eigenvalue weighted by Gasteiger charge is 2.40. The number of hydrogen-bond acceptors (Lipinski definition) is 1. The third-order valence-corrected chi connectivity index (χ3v) is 2.41. The molecule has 0 aromatic heterocycles. The van der Waals surface area contributed by atoms with Crippen molar-refractivity contribution in [3.63, 3.8) is 0 Å². The highest BCUT2D eigenvalue weighted by Crippen LogP contribution is 2.37. The van der Waals surface area contributed by atoms with Crippen LogP contribution in [0.5, 0.6) is 0 Å². The minimum absolute atomic E-state index is 0.0272. The molecule has 0 aliphatic heterocycles. The van der Waals surface area contributed by atoms with Crippen molar-refractivity contribution in [3.8, 4) is 0 Å². The number of rotatable bonds is 1. The predicted octanol–water partition coefficient (Wildman–Crippen LogP) is 0.895. The Morgan fingerprint density at radius 2 is 2.29 bits per heavy atom. The zero-order valence-electron chi connectivity index (χ0n) is 3.60. The van der Waals surface area contributed by atoms with Gasteiger partial charge in [-0.1, -0.05) is 22.6 Å². The normalized spacial score (nSPS) is 37.9. The summed E-state index contributed by atoms with van der Waals surface area (Å²) in [4.78, 5) is 9.97. The first-order valence-corrected chi connectivity index (χ1v) is 3.33. The Morgan fingerprint density at radius 3 is 2.29 bits per heavy atom. The molecule has 0 aromatic carbocycles. The number of carboxylic acid groups (broad SMARTS) is 1. The summed E-state index contributed by atoms with van der Waals surface area (Å²) in [7, 11) is 0. The maximum absolute atomic E-state index is 9.97. The lowest BCUT2D eigenvalue weighted by Crippen LogP contribution is -1.97. The van der Waals surface area contributed by atoms with Crippen LogP contribution < -0.4 is 0 Å². The molecule has 0 saturated heterocycles. The molecule has 1 aliphatic rings. The molecule has 0 unspecified atom stereocenters. The van der Waals surface area contributed by atoms with Crippen LogP contribution in [-0.4, -0.2) is 15.0 Å². The summed E-state index contributed by atoms with van der Waals surface area (Å²) in [6.07, 6.45) is 0.871. The van der Waals surface area contributed by atoms with Crippen molar-refractivity contribution in [2.45, 2.75) is 10.3 Å². The van der Waals surface area contributed by atoms with Crippen LogP contribution in [0, 0.1) is 5.92 Å². The molecule has 40 valence electrons. The van der Waals surface area contributed by atoms with Gasteiger partial charge in [0.2, 0.25) is 0 Å². The second kappa shape index (κ2) is 1.61. The van der Waals surface area contributed by atoms with Gasteiger partial charge in [0.15, 0.2) is 0 Å². The van der Waals surface area contributed by atoms with E-state index < -0.39 is 5.97 Å². The van der Waals surface area contributed by atoms with Crippen molar-refractivity contribution in [2.24, 2.45) is 5.92 Å². The van der Waals surface area contributed by atoms with Crippen molar-refractivity contribution in [2.75, 3.05) is 0 Å². The SMILES string of the molecule is O=C(O)[C@H]1C[C@@H]1I. The number of hydrogen-bond donors (Lipinski definition) is 1. The zero-order chi connectivity index (χ0) is 5.44. The monoisotopic (exact) mass is 212 g/mol. The van der Waals surface area contributed by atoms with E-state index in [1.165, 1.54) is 0 Å². The molecule has 1 aliphatic carbocycles. The van der Waals surface area contributed by atoms with Gasteiger partial charge in [-0.25, -0.2) is 0 Å². The maximum atomic E-state index is 9.97. The molecule has 0 amide bonds. The van der Waals surface area contributed by atoms with Crippen molar-refractivity contribution >= 4 is 28.6 Å². The molecule has 0 radical (unpaired) electrons. The smallest absolute Gasteiger partial charge is 0.307 e. The first kappa shape index (κ1) is 5.34. The number of aliphatic carboxylic acids is 1. The highest BCUT2D eigenvalue weighted by atomic mass is 127. The lowest BCUT2D eigenvalue weighted by molar-refractivity contribution is -0.138. The Balaban J connectivity index is 2.33. The zero-order valence-corrected chi connectivity index (χ0v) is 5.75. The molecule has 2 nitrogen and oxygen atoms in total. The topological polar surface area (TPSA) is 37.3 Å². The average molecular weight is 212 g/mol. The Bertz CT molecular complexity index is 102. The summed E-state index contributed by atoms with van der Waals surface area (Å²) < 4.78 is 0.412. The first-order chi connectivity index (χ1) is 3.22. The third-order valence-electron chi connectivity index (χ3n) is 1.03. The van der Waals surface area contributed by atoms with E-state index in [9.17, 15) is 4.79 Å². The standard InChI is InChI=1S/C4H5IO2/c5-3-1-2(3)4(6)7/h2-3H,1H2,(H,6,7)/t2-,3-/m0/s1. The lowest BCUT2D eigenvalue weighted by atomic mass is 10.5. The highest BCUT2D eigenvalue weighted by molar-refractivity contribution is 14.1. The van der Waals surface area contributed by atoms with Crippen LogP contribution in [0.4, 0.5) is 0 Å². The minimum Gasteiger partial charge on any atom is -0.481 e. The predicted molar refractivity (Wildman–Crippen MR) is 33.6 cm³/mol. The van der Waals surface area contributed by atoms with Gasteiger partial charge in [-0.2, -0.15) is 0 Å². The van der Waals surface area contributed by atoms with E-state index in [1.54, 1.807) is 0 Å². The number of halogens is 1. The third kappa shape index (κ3) is 1.05. The van der Waals surface area contributed by atoms with E-state index in [1.807, 2.05) is 0 Å². The van der Waals surface area contributed by atoms with Crippen LogP contribution in [0.1, 0.15) is 6.42 Å². The minimum atomic E-state index is -0.639. The van der Waals surface area contributed by atoms with Crippen molar-refractivity contribution in [3.05, 3.63) is 0 Å². The molecule has 0 bridgehead atoms. The molecule has 1 N–H and O–H groups in total. The fourth-order valence-electron chi connectivity index (χ4n) is 0.420. The second-order valence-corrected chi connectivity index (χ2v) is 3.30. The summed E-state index contributed by atoms with van der Waals surface area (Å²) in [5.74, 6) is -0.667. The van der Waals surface area contributed by atoms with Crippen molar-refractivity contribution < 1.29 is 9.90 Å². The fourth-order valence-corrected chi connectivity index (χ4v) is 1.28. The molecule has 1 saturated carbocycles. The summed E-state index contributed by atoms with van der Waals surface area (Å²) >= 11 is 2.15. The van der Waals surface area contributed by atoms with Gasteiger partial charge in [0.1, 0.15) is 0 Å². The summed E-state index contributed by atoms with van der Waals surface area (Å²) in [5, 5.41) is 8.22. The van der Waals surface area contributed by atoms with Gasteiger partial charge in [0.05, 0.1) is 5.92 Å². The lowest BCUT2D eigenvalue weighted by Gasteiger charge is -1.78. The van der Waals surface area contributed by atoms with Gasteiger partial charge in [-0.05, 0) is 6.42 Å². The molecule has 2 atom stereocenters. The van der Waals surface area contributed by atoms with E-state index in [4.69, 9.17) is 5.11 Å². The molecular weight excluding hydrogens is 207 g/mol. The van der Waals surface area contributed by atoms with Crippen LogP contribution in [0.3, 0.4) is 0 Å². The number of carboxylic acids is 1. The van der Waals surface area contributed by atoms with Crippen LogP contribution in [-0.2, 0) is 4.79 Å². The molecule has 0 spiro atoms. The summed E-state index contributed by atoms with van der Waals surface area (Å²) in [6.45, 7) is 0. The van der Waals surface area contributed by atoms with Gasteiger partial charge in [0, 0.05) is 3.92 Å². The molecular formula is C4H5IO2. The molecule has 7 heavy (non-hydrogen) atoms. The average Bonchev–Trinajstić information content (AvgIpc) is 2.17. The van der Waals surface area contributed by atoms with E-state index in [2.05, 4.69) is 22.6 Å². The van der Waals surface area contributed by atoms with Crippen molar-refractivity contribution in [1.82, 2.24) is 0 Å². The Hall–Kier alpha value is 0.200. The van der Waals surface area contributed by atoms with Gasteiger partial charge >= 0.3 is 5.97 Å². The van der Waals surface area contributed by atoms with Crippen LogP contribution in [0.15, 0.2) is 0 Å². The van der Waals surface area contributed by atoms with Crippen molar-refractivity contribution in [1.29, 1.82) is 0 Å². The van der Waals surface area contributed by atoms with E-state index >= 15 is 0 Å². The second-order valence-electron chi connectivity index (χ2n) is 1.70.